The maximum absolute atomic E-state index is 11.1. The zero-order valence-corrected chi connectivity index (χ0v) is 11.7. The third kappa shape index (κ3) is 3.82. The number of carbonyl (C=O) groups is 1. The van der Waals surface area contributed by atoms with E-state index in [1.165, 1.54) is 37.9 Å². The highest BCUT2D eigenvalue weighted by molar-refractivity contribution is 6.31. The van der Waals surface area contributed by atoms with Gasteiger partial charge in [-0.1, -0.05) is 30.2 Å². The van der Waals surface area contributed by atoms with Crippen LogP contribution in [0.5, 0.6) is 0 Å². The summed E-state index contributed by atoms with van der Waals surface area (Å²) >= 11 is 6.29. The van der Waals surface area contributed by atoms with Crippen molar-refractivity contribution in [3.63, 3.8) is 0 Å². The molecule has 0 radical (unpaired) electrons. The topological polar surface area (TPSA) is 20.3 Å². The Kier molecular flexibility index (Phi) is 4.79. The lowest BCUT2D eigenvalue weighted by atomic mass is 10.1. The first kappa shape index (κ1) is 13.6. The van der Waals surface area contributed by atoms with E-state index in [9.17, 15) is 4.79 Å². The molecule has 1 heterocycles. The minimum Gasteiger partial charge on any atom is -0.300 e. The highest BCUT2D eigenvalue weighted by Crippen LogP contribution is 2.21. The molecule has 1 aromatic rings. The Hall–Kier alpha value is -0.860. The summed E-state index contributed by atoms with van der Waals surface area (Å²) in [6, 6.07) is 6.02. The van der Waals surface area contributed by atoms with E-state index in [1.54, 1.807) is 6.92 Å². The SMILES string of the molecule is CC(=O)Cc1ccc(CN2CCCCC2)c(Cl)c1. The summed E-state index contributed by atoms with van der Waals surface area (Å²) in [5.74, 6) is 0.176. The highest BCUT2D eigenvalue weighted by atomic mass is 35.5. The number of Topliss-reactive ketones (excluding diaryl/α,β-unsaturated/α-hetero) is 1. The first-order chi connectivity index (χ1) is 8.65. The predicted molar refractivity (Wildman–Crippen MR) is 75.0 cm³/mol. The van der Waals surface area contributed by atoms with E-state index in [-0.39, 0.29) is 5.78 Å². The van der Waals surface area contributed by atoms with Crippen molar-refractivity contribution in [2.24, 2.45) is 0 Å². The number of hydrogen-bond donors (Lipinski definition) is 0. The standard InChI is InChI=1S/C15H20ClNO/c1-12(18)9-13-5-6-14(15(16)10-13)11-17-7-3-2-4-8-17/h5-6,10H,2-4,7-9,11H2,1H3. The Morgan fingerprint density at radius 2 is 2.00 bits per heavy atom. The van der Waals surface area contributed by atoms with E-state index in [1.807, 2.05) is 12.1 Å². The Morgan fingerprint density at radius 3 is 2.61 bits per heavy atom. The van der Waals surface area contributed by atoms with Gasteiger partial charge in [-0.3, -0.25) is 9.69 Å². The first-order valence-corrected chi connectivity index (χ1v) is 7.02. The van der Waals surface area contributed by atoms with E-state index < -0.39 is 0 Å². The molecule has 18 heavy (non-hydrogen) atoms. The van der Waals surface area contributed by atoms with E-state index >= 15 is 0 Å². The zero-order valence-electron chi connectivity index (χ0n) is 10.9. The lowest BCUT2D eigenvalue weighted by Crippen LogP contribution is -2.29. The summed E-state index contributed by atoms with van der Waals surface area (Å²) in [5, 5.41) is 0.791. The average molecular weight is 266 g/mol. The predicted octanol–water partition coefficient (Wildman–Crippen LogP) is 3.46. The molecule has 0 amide bonds. The maximum atomic E-state index is 11.1. The summed E-state index contributed by atoms with van der Waals surface area (Å²) in [5.41, 5.74) is 2.18. The monoisotopic (exact) mass is 265 g/mol. The molecule has 0 atom stereocenters. The molecular weight excluding hydrogens is 246 g/mol. The van der Waals surface area contributed by atoms with Crippen LogP contribution in [0.1, 0.15) is 37.3 Å². The van der Waals surface area contributed by atoms with E-state index in [0.717, 1.165) is 17.1 Å². The van der Waals surface area contributed by atoms with Crippen molar-refractivity contribution < 1.29 is 4.79 Å². The molecule has 1 saturated heterocycles. The van der Waals surface area contributed by atoms with Gasteiger partial charge in [-0.2, -0.15) is 0 Å². The fourth-order valence-electron chi connectivity index (χ4n) is 2.47. The van der Waals surface area contributed by atoms with Gasteiger partial charge in [0, 0.05) is 18.0 Å². The van der Waals surface area contributed by atoms with Gasteiger partial charge in [0.25, 0.3) is 0 Å². The number of piperidine rings is 1. The van der Waals surface area contributed by atoms with E-state index in [0.29, 0.717) is 6.42 Å². The second kappa shape index (κ2) is 6.35. The smallest absolute Gasteiger partial charge is 0.134 e. The van der Waals surface area contributed by atoms with Gasteiger partial charge in [0.1, 0.15) is 5.78 Å². The molecule has 0 bridgehead atoms. The molecule has 0 N–H and O–H groups in total. The average Bonchev–Trinajstić information content (AvgIpc) is 2.33. The number of ketones is 1. The molecule has 2 rings (SSSR count). The normalized spacial score (nSPS) is 16.8. The molecule has 1 aromatic carbocycles. The molecule has 0 aromatic heterocycles. The molecule has 3 heteroatoms. The highest BCUT2D eigenvalue weighted by Gasteiger charge is 2.12. The number of rotatable bonds is 4. The number of carbonyl (C=O) groups excluding carboxylic acids is 1. The molecule has 0 spiro atoms. The van der Waals surface area contributed by atoms with Gasteiger partial charge in [0.15, 0.2) is 0 Å². The maximum Gasteiger partial charge on any atom is 0.134 e. The largest absolute Gasteiger partial charge is 0.300 e. The van der Waals surface area contributed by atoms with Crippen molar-refractivity contribution in [3.8, 4) is 0 Å². The van der Waals surface area contributed by atoms with Crippen molar-refractivity contribution in [1.82, 2.24) is 4.90 Å². The van der Waals surface area contributed by atoms with Gasteiger partial charge in [-0.15, -0.1) is 0 Å². The molecule has 1 aliphatic heterocycles. The van der Waals surface area contributed by atoms with Crippen LogP contribution in [0.3, 0.4) is 0 Å². The van der Waals surface area contributed by atoms with Crippen LogP contribution in [0.15, 0.2) is 18.2 Å². The minimum atomic E-state index is 0.176. The number of halogens is 1. The number of likely N-dealkylation sites (tertiary alicyclic amines) is 1. The van der Waals surface area contributed by atoms with Crippen LogP contribution >= 0.6 is 11.6 Å². The lowest BCUT2D eigenvalue weighted by molar-refractivity contribution is -0.116. The summed E-state index contributed by atoms with van der Waals surface area (Å²) in [6.07, 6.45) is 4.41. The lowest BCUT2D eigenvalue weighted by Gasteiger charge is -2.26. The van der Waals surface area contributed by atoms with Gasteiger partial charge < -0.3 is 0 Å². The summed E-state index contributed by atoms with van der Waals surface area (Å²) in [4.78, 5) is 13.5. The fourth-order valence-corrected chi connectivity index (χ4v) is 2.74. The second-order valence-corrected chi connectivity index (χ2v) is 5.55. The van der Waals surface area contributed by atoms with Crippen molar-refractivity contribution in [3.05, 3.63) is 34.3 Å². The molecule has 98 valence electrons. The van der Waals surface area contributed by atoms with Crippen molar-refractivity contribution in [2.75, 3.05) is 13.1 Å². The Balaban J connectivity index is 2.02. The third-order valence-corrected chi connectivity index (χ3v) is 3.77. The van der Waals surface area contributed by atoms with Gasteiger partial charge in [-0.25, -0.2) is 0 Å². The Morgan fingerprint density at radius 1 is 1.28 bits per heavy atom. The van der Waals surface area contributed by atoms with Crippen LogP contribution < -0.4 is 0 Å². The van der Waals surface area contributed by atoms with Gasteiger partial charge in [-0.05, 0) is 50.0 Å². The van der Waals surface area contributed by atoms with E-state index in [4.69, 9.17) is 11.6 Å². The molecule has 1 aliphatic rings. The van der Waals surface area contributed by atoms with Gasteiger partial charge >= 0.3 is 0 Å². The third-order valence-electron chi connectivity index (χ3n) is 3.41. The Labute approximate surface area is 114 Å². The summed E-state index contributed by atoms with van der Waals surface area (Å²) in [6.45, 7) is 4.88. The molecular formula is C15H20ClNO. The van der Waals surface area contributed by atoms with Crippen molar-refractivity contribution in [2.45, 2.75) is 39.2 Å². The Bertz CT molecular complexity index is 425. The summed E-state index contributed by atoms with van der Waals surface area (Å²) < 4.78 is 0. The van der Waals surface area contributed by atoms with Crippen LogP contribution in [-0.2, 0) is 17.8 Å². The van der Waals surface area contributed by atoms with Crippen LogP contribution in [0, 0.1) is 0 Å². The van der Waals surface area contributed by atoms with Crippen molar-refractivity contribution in [1.29, 1.82) is 0 Å². The molecule has 0 aliphatic carbocycles. The number of benzene rings is 1. The van der Waals surface area contributed by atoms with Gasteiger partial charge in [0.2, 0.25) is 0 Å². The number of hydrogen-bond acceptors (Lipinski definition) is 2. The molecule has 0 saturated carbocycles. The van der Waals surface area contributed by atoms with Crippen LogP contribution in [0.2, 0.25) is 5.02 Å². The van der Waals surface area contributed by atoms with Crippen LogP contribution in [0.25, 0.3) is 0 Å². The van der Waals surface area contributed by atoms with Crippen molar-refractivity contribution >= 4 is 17.4 Å². The van der Waals surface area contributed by atoms with Crippen LogP contribution in [-0.4, -0.2) is 23.8 Å². The first-order valence-electron chi connectivity index (χ1n) is 6.64. The molecule has 1 fully saturated rings. The quantitative estimate of drug-likeness (QED) is 0.831. The van der Waals surface area contributed by atoms with Crippen LogP contribution in [0.4, 0.5) is 0 Å². The molecule has 0 unspecified atom stereocenters. The minimum absolute atomic E-state index is 0.176. The van der Waals surface area contributed by atoms with E-state index in [2.05, 4.69) is 11.0 Å². The van der Waals surface area contributed by atoms with Gasteiger partial charge in [0.05, 0.1) is 0 Å². The zero-order chi connectivity index (χ0) is 13.0. The molecule has 2 nitrogen and oxygen atoms in total. The fraction of sp³-hybridized carbons (Fsp3) is 0.533. The second-order valence-electron chi connectivity index (χ2n) is 5.14. The summed E-state index contributed by atoms with van der Waals surface area (Å²) in [7, 11) is 0. The number of nitrogens with zero attached hydrogens (tertiary/aromatic N) is 1.